The number of amides is 1. The lowest BCUT2D eigenvalue weighted by Gasteiger charge is -1.95. The molecule has 1 heterocycles. The minimum Gasteiger partial charge on any atom is -0.478 e. The number of carbonyl (C=O) groups is 2. The zero-order valence-corrected chi connectivity index (χ0v) is 8.33. The zero-order valence-electron chi connectivity index (χ0n) is 7.51. The maximum atomic E-state index is 11.2. The summed E-state index contributed by atoms with van der Waals surface area (Å²) >= 11 is 0.537. The molecule has 0 saturated carbocycles. The molecular weight excluding hydrogens is 224 g/mol. The van der Waals surface area contributed by atoms with E-state index in [4.69, 9.17) is 5.11 Å². The Morgan fingerprint density at radius 1 is 1.60 bits per heavy atom. The minimum absolute atomic E-state index is 0.170. The number of aromatic carboxylic acids is 1. The van der Waals surface area contributed by atoms with Crippen LogP contribution in [0.1, 0.15) is 20.0 Å². The molecular formula is C7H6N2O5S. The van der Waals surface area contributed by atoms with Crippen LogP contribution in [-0.4, -0.2) is 29.0 Å². The fourth-order valence-corrected chi connectivity index (χ4v) is 1.82. The first-order valence-corrected chi connectivity index (χ1v) is 4.52. The van der Waals surface area contributed by atoms with Gasteiger partial charge in [0.05, 0.1) is 10.5 Å². The standard InChI is InChI=1S/C7H6N2O5S/c1-8-6(10)5-3(7(11)12)2-4(15-5)9(13)14/h2H,1H3,(H,8,10)(H,11,12). The van der Waals surface area contributed by atoms with Gasteiger partial charge in [-0.2, -0.15) is 0 Å². The summed E-state index contributed by atoms with van der Waals surface area (Å²) in [6.45, 7) is 0. The SMILES string of the molecule is CNC(=O)c1sc([N+](=O)[O-])cc1C(=O)O. The Hall–Kier alpha value is -1.96. The van der Waals surface area contributed by atoms with Gasteiger partial charge in [0.1, 0.15) is 4.88 Å². The van der Waals surface area contributed by atoms with E-state index in [0.29, 0.717) is 11.3 Å². The monoisotopic (exact) mass is 230 g/mol. The van der Waals surface area contributed by atoms with Crippen LogP contribution in [0.15, 0.2) is 6.07 Å². The minimum atomic E-state index is -1.36. The van der Waals surface area contributed by atoms with Gasteiger partial charge in [-0.05, 0) is 0 Å². The second-order valence-electron chi connectivity index (χ2n) is 2.47. The van der Waals surface area contributed by atoms with E-state index in [9.17, 15) is 19.7 Å². The molecule has 0 aromatic carbocycles. The average molecular weight is 230 g/mol. The Morgan fingerprint density at radius 2 is 2.20 bits per heavy atom. The van der Waals surface area contributed by atoms with Crippen LogP contribution in [0.3, 0.4) is 0 Å². The van der Waals surface area contributed by atoms with Crippen molar-refractivity contribution in [1.82, 2.24) is 5.32 Å². The van der Waals surface area contributed by atoms with Crippen LogP contribution in [0.5, 0.6) is 0 Å². The van der Waals surface area contributed by atoms with Crippen LogP contribution in [0.25, 0.3) is 0 Å². The lowest BCUT2D eigenvalue weighted by molar-refractivity contribution is -0.380. The molecule has 15 heavy (non-hydrogen) atoms. The van der Waals surface area contributed by atoms with Crippen molar-refractivity contribution in [1.29, 1.82) is 0 Å². The molecule has 0 atom stereocenters. The Kier molecular flexibility index (Phi) is 3.00. The third-order valence-electron chi connectivity index (χ3n) is 1.56. The highest BCUT2D eigenvalue weighted by atomic mass is 32.1. The molecule has 0 unspecified atom stereocenters. The van der Waals surface area contributed by atoms with Gasteiger partial charge < -0.3 is 10.4 Å². The topological polar surface area (TPSA) is 110 Å². The number of hydrogen-bond acceptors (Lipinski definition) is 5. The quantitative estimate of drug-likeness (QED) is 0.587. The predicted molar refractivity (Wildman–Crippen MR) is 51.3 cm³/mol. The second-order valence-corrected chi connectivity index (χ2v) is 3.50. The summed E-state index contributed by atoms with van der Waals surface area (Å²) in [5.41, 5.74) is -0.356. The summed E-state index contributed by atoms with van der Waals surface area (Å²) in [5, 5.41) is 20.9. The van der Waals surface area contributed by atoms with Crippen molar-refractivity contribution < 1.29 is 19.6 Å². The van der Waals surface area contributed by atoms with Gasteiger partial charge in [0.15, 0.2) is 0 Å². The van der Waals surface area contributed by atoms with Crippen LogP contribution in [0.4, 0.5) is 5.00 Å². The van der Waals surface area contributed by atoms with Crippen LogP contribution < -0.4 is 5.32 Å². The fourth-order valence-electron chi connectivity index (χ4n) is 0.909. The molecule has 0 saturated heterocycles. The van der Waals surface area contributed by atoms with Crippen molar-refractivity contribution in [3.05, 3.63) is 26.6 Å². The number of nitrogens with one attached hydrogen (secondary N) is 1. The van der Waals surface area contributed by atoms with Gasteiger partial charge in [0.2, 0.25) is 0 Å². The summed E-state index contributed by atoms with van der Waals surface area (Å²) in [7, 11) is 1.32. The maximum absolute atomic E-state index is 11.2. The van der Waals surface area contributed by atoms with Crippen LogP contribution in [0, 0.1) is 10.1 Å². The molecule has 1 aromatic heterocycles. The smallest absolute Gasteiger partial charge is 0.337 e. The van der Waals surface area contributed by atoms with E-state index in [1.165, 1.54) is 7.05 Å². The Morgan fingerprint density at radius 3 is 2.60 bits per heavy atom. The fraction of sp³-hybridized carbons (Fsp3) is 0.143. The van der Waals surface area contributed by atoms with Crippen molar-refractivity contribution >= 4 is 28.2 Å². The lowest BCUT2D eigenvalue weighted by Crippen LogP contribution is -2.18. The Labute approximate surface area is 87.5 Å². The molecule has 0 bridgehead atoms. The summed E-state index contributed by atoms with van der Waals surface area (Å²) < 4.78 is 0. The number of carbonyl (C=O) groups excluding carboxylic acids is 1. The van der Waals surface area contributed by atoms with E-state index < -0.39 is 16.8 Å². The third kappa shape index (κ3) is 2.10. The molecule has 0 aliphatic heterocycles. The van der Waals surface area contributed by atoms with Gasteiger partial charge in [0.25, 0.3) is 5.91 Å². The molecule has 8 heteroatoms. The first-order chi connectivity index (χ1) is 6.97. The van der Waals surface area contributed by atoms with Gasteiger partial charge in [-0.1, -0.05) is 11.3 Å². The highest BCUT2D eigenvalue weighted by molar-refractivity contribution is 7.17. The van der Waals surface area contributed by atoms with Crippen molar-refractivity contribution in [2.45, 2.75) is 0 Å². The van der Waals surface area contributed by atoms with Crippen molar-refractivity contribution in [2.75, 3.05) is 7.05 Å². The van der Waals surface area contributed by atoms with Gasteiger partial charge in [-0.15, -0.1) is 0 Å². The molecule has 80 valence electrons. The zero-order chi connectivity index (χ0) is 11.6. The number of rotatable bonds is 3. The van der Waals surface area contributed by atoms with E-state index in [2.05, 4.69) is 5.32 Å². The highest BCUT2D eigenvalue weighted by Gasteiger charge is 2.24. The van der Waals surface area contributed by atoms with E-state index in [1.807, 2.05) is 0 Å². The van der Waals surface area contributed by atoms with Gasteiger partial charge in [-0.3, -0.25) is 14.9 Å². The highest BCUT2D eigenvalue weighted by Crippen LogP contribution is 2.28. The van der Waals surface area contributed by atoms with Gasteiger partial charge in [0, 0.05) is 13.1 Å². The molecule has 0 spiro atoms. The third-order valence-corrected chi connectivity index (χ3v) is 2.65. The largest absolute Gasteiger partial charge is 0.478 e. The lowest BCUT2D eigenvalue weighted by atomic mass is 10.2. The first-order valence-electron chi connectivity index (χ1n) is 3.71. The van der Waals surface area contributed by atoms with Crippen molar-refractivity contribution in [2.24, 2.45) is 0 Å². The van der Waals surface area contributed by atoms with Gasteiger partial charge in [-0.25, -0.2) is 4.79 Å². The summed E-state index contributed by atoms with van der Waals surface area (Å²) in [5.74, 6) is -2.01. The summed E-state index contributed by atoms with van der Waals surface area (Å²) in [6, 6.07) is 0.873. The molecule has 7 nitrogen and oxygen atoms in total. The summed E-state index contributed by atoms with van der Waals surface area (Å²) in [4.78, 5) is 31.4. The normalized spacial score (nSPS) is 9.67. The molecule has 1 amide bonds. The predicted octanol–water partition coefficient (Wildman–Crippen LogP) is 0.714. The van der Waals surface area contributed by atoms with Crippen molar-refractivity contribution in [3.8, 4) is 0 Å². The average Bonchev–Trinajstić information content (AvgIpc) is 2.61. The van der Waals surface area contributed by atoms with E-state index in [0.717, 1.165) is 6.07 Å². The number of thiophene rings is 1. The number of carboxylic acid groups (broad SMARTS) is 1. The number of nitro groups is 1. The number of carboxylic acids is 1. The first kappa shape index (κ1) is 11.1. The molecule has 0 aliphatic carbocycles. The number of nitrogens with zero attached hydrogens (tertiary/aromatic N) is 1. The van der Waals surface area contributed by atoms with E-state index in [-0.39, 0.29) is 15.4 Å². The Bertz CT molecular complexity index is 439. The number of hydrogen-bond donors (Lipinski definition) is 2. The van der Waals surface area contributed by atoms with E-state index >= 15 is 0 Å². The van der Waals surface area contributed by atoms with E-state index in [1.54, 1.807) is 0 Å². The molecule has 0 aliphatic rings. The molecule has 1 rings (SSSR count). The van der Waals surface area contributed by atoms with Gasteiger partial charge >= 0.3 is 11.0 Å². The van der Waals surface area contributed by atoms with Crippen LogP contribution >= 0.6 is 11.3 Å². The maximum Gasteiger partial charge on any atom is 0.337 e. The molecule has 0 radical (unpaired) electrons. The van der Waals surface area contributed by atoms with Crippen LogP contribution in [-0.2, 0) is 0 Å². The van der Waals surface area contributed by atoms with Crippen LogP contribution in [0.2, 0.25) is 0 Å². The molecule has 2 N–H and O–H groups in total. The Balaban J connectivity index is 3.29. The second kappa shape index (κ2) is 4.05. The molecule has 1 aromatic rings. The summed E-state index contributed by atoms with van der Waals surface area (Å²) in [6.07, 6.45) is 0. The van der Waals surface area contributed by atoms with Crippen molar-refractivity contribution in [3.63, 3.8) is 0 Å². The molecule has 0 fully saturated rings.